The van der Waals surface area contributed by atoms with Crippen molar-refractivity contribution in [3.8, 4) is 5.75 Å². The van der Waals surface area contributed by atoms with Gasteiger partial charge < -0.3 is 4.74 Å². The minimum absolute atomic E-state index is 0.0143. The Labute approximate surface area is 130 Å². The van der Waals surface area contributed by atoms with Crippen molar-refractivity contribution in [3.63, 3.8) is 0 Å². The molecule has 0 radical (unpaired) electrons. The molecule has 0 atom stereocenters. The van der Waals surface area contributed by atoms with E-state index in [9.17, 15) is 4.79 Å². The molecule has 2 aromatic rings. The van der Waals surface area contributed by atoms with Crippen molar-refractivity contribution < 1.29 is 4.74 Å². The fourth-order valence-corrected chi connectivity index (χ4v) is 1.93. The molecule has 0 aliphatic heterocycles. The number of nitrogens with one attached hydrogen (secondary N) is 2. The summed E-state index contributed by atoms with van der Waals surface area (Å²) in [4.78, 5) is 11.3. The summed E-state index contributed by atoms with van der Waals surface area (Å²) in [5.41, 5.74) is 3.86. The number of nitrogens with zero attached hydrogens (tertiary/aromatic N) is 2. The number of halogens is 2. The van der Waals surface area contributed by atoms with Crippen LogP contribution in [0.25, 0.3) is 0 Å². The summed E-state index contributed by atoms with van der Waals surface area (Å²) in [6.45, 7) is 1.77. The summed E-state index contributed by atoms with van der Waals surface area (Å²) in [6.07, 6.45) is 1.37. The van der Waals surface area contributed by atoms with Crippen molar-refractivity contribution in [1.82, 2.24) is 10.2 Å². The van der Waals surface area contributed by atoms with Crippen molar-refractivity contribution in [3.05, 3.63) is 50.4 Å². The van der Waals surface area contributed by atoms with E-state index < -0.39 is 5.56 Å². The summed E-state index contributed by atoms with van der Waals surface area (Å²) in [5.74, 6) is 0.637. The monoisotopic (exact) mass is 326 g/mol. The highest BCUT2D eigenvalue weighted by Crippen LogP contribution is 2.23. The summed E-state index contributed by atoms with van der Waals surface area (Å²) >= 11 is 11.8. The van der Waals surface area contributed by atoms with Gasteiger partial charge in [0.2, 0.25) is 0 Å². The first kappa shape index (κ1) is 15.3. The van der Waals surface area contributed by atoms with Crippen LogP contribution in [0.1, 0.15) is 12.5 Å². The smallest absolute Gasteiger partial charge is 0.285 e. The number of methoxy groups -OCH3 is 1. The Hall–Kier alpha value is -2.05. The van der Waals surface area contributed by atoms with Crippen LogP contribution in [0.3, 0.4) is 0 Å². The van der Waals surface area contributed by atoms with E-state index in [1.807, 2.05) is 0 Å². The second-order valence-electron chi connectivity index (χ2n) is 4.08. The summed E-state index contributed by atoms with van der Waals surface area (Å²) < 4.78 is 5.26. The molecule has 0 saturated heterocycles. The van der Waals surface area contributed by atoms with Crippen LogP contribution in [0, 0.1) is 0 Å². The van der Waals surface area contributed by atoms with Crippen LogP contribution in [0.5, 0.6) is 5.75 Å². The zero-order chi connectivity index (χ0) is 15.4. The van der Waals surface area contributed by atoms with Crippen molar-refractivity contribution >= 4 is 34.6 Å². The quantitative estimate of drug-likeness (QED) is 0.668. The van der Waals surface area contributed by atoms with Gasteiger partial charge in [0.15, 0.2) is 0 Å². The summed E-state index contributed by atoms with van der Waals surface area (Å²) in [6, 6.07) is 5.21. The molecule has 2 rings (SSSR count). The topological polar surface area (TPSA) is 79.4 Å². The Morgan fingerprint density at radius 3 is 2.90 bits per heavy atom. The first-order valence-electron chi connectivity index (χ1n) is 5.90. The molecule has 1 aromatic carbocycles. The predicted octanol–water partition coefficient (Wildman–Crippen LogP) is 2.92. The van der Waals surface area contributed by atoms with E-state index in [4.69, 9.17) is 27.9 Å². The number of benzene rings is 1. The van der Waals surface area contributed by atoms with Crippen LogP contribution < -0.4 is 15.7 Å². The number of ether oxygens (including phenoxy) is 1. The maximum absolute atomic E-state index is 11.3. The van der Waals surface area contributed by atoms with Crippen LogP contribution in [0.2, 0.25) is 10.0 Å². The fourth-order valence-electron chi connectivity index (χ4n) is 1.63. The maximum Gasteiger partial charge on any atom is 0.285 e. The molecule has 0 saturated carbocycles. The largest absolute Gasteiger partial charge is 0.496 e. The molecular weight excluding hydrogens is 315 g/mol. The summed E-state index contributed by atoms with van der Waals surface area (Å²) in [7, 11) is 1.56. The molecule has 0 aliphatic rings. The number of anilines is 1. The third-order valence-corrected chi connectivity index (χ3v) is 3.30. The predicted molar refractivity (Wildman–Crippen MR) is 83.7 cm³/mol. The number of hydrogen-bond donors (Lipinski definition) is 2. The molecule has 0 bridgehead atoms. The molecule has 2 N–H and O–H groups in total. The number of rotatable bonds is 4. The molecule has 110 valence electrons. The molecule has 0 unspecified atom stereocenters. The Morgan fingerprint density at radius 2 is 2.19 bits per heavy atom. The van der Waals surface area contributed by atoms with E-state index in [0.29, 0.717) is 22.2 Å². The molecule has 21 heavy (non-hydrogen) atoms. The summed E-state index contributed by atoms with van der Waals surface area (Å²) in [5, 5.41) is 10.6. The third kappa shape index (κ3) is 3.53. The van der Waals surface area contributed by atoms with E-state index in [1.165, 1.54) is 6.20 Å². The molecule has 0 aliphatic carbocycles. The first-order chi connectivity index (χ1) is 10.0. The fraction of sp³-hybridized carbons (Fsp3) is 0.154. The number of H-pyrrole nitrogens is 1. The minimum atomic E-state index is -0.491. The minimum Gasteiger partial charge on any atom is -0.496 e. The van der Waals surface area contributed by atoms with E-state index in [-0.39, 0.29) is 5.02 Å². The van der Waals surface area contributed by atoms with Gasteiger partial charge in [-0.1, -0.05) is 23.2 Å². The molecule has 8 heteroatoms. The highest BCUT2D eigenvalue weighted by atomic mass is 35.5. The van der Waals surface area contributed by atoms with E-state index in [2.05, 4.69) is 20.7 Å². The second-order valence-corrected chi connectivity index (χ2v) is 4.89. The number of hydrazone groups is 1. The maximum atomic E-state index is 11.3. The van der Waals surface area contributed by atoms with Crippen LogP contribution in [-0.2, 0) is 0 Å². The zero-order valence-electron chi connectivity index (χ0n) is 11.3. The highest BCUT2D eigenvalue weighted by molar-refractivity contribution is 6.33. The standard InChI is InChI=1S/C13H12Cl2N4O2/c1-7(9-5-8(14)3-4-11(9)21-2)17-18-10-6-16-19-13(20)12(10)15/h3-6H,1-2H3,(H2,18,19,20)/b17-7-. The van der Waals surface area contributed by atoms with Gasteiger partial charge in [-0.25, -0.2) is 5.10 Å². The molecule has 1 aromatic heterocycles. The molecular formula is C13H12Cl2N4O2. The normalized spacial score (nSPS) is 11.3. The zero-order valence-corrected chi connectivity index (χ0v) is 12.8. The lowest BCUT2D eigenvalue weighted by Gasteiger charge is -2.09. The van der Waals surface area contributed by atoms with Gasteiger partial charge in [-0.2, -0.15) is 10.2 Å². The second kappa shape index (κ2) is 6.60. The SMILES string of the molecule is COc1ccc(Cl)cc1/C(C)=N\Nc1cn[nH]c(=O)c1Cl. The number of hydrogen-bond acceptors (Lipinski definition) is 5. The van der Waals surface area contributed by atoms with Crippen LogP contribution in [0.15, 0.2) is 34.3 Å². The molecule has 6 nitrogen and oxygen atoms in total. The Balaban J connectivity index is 2.31. The van der Waals surface area contributed by atoms with Gasteiger partial charge in [-0.15, -0.1) is 0 Å². The molecule has 1 heterocycles. The highest BCUT2D eigenvalue weighted by Gasteiger charge is 2.08. The van der Waals surface area contributed by atoms with E-state index >= 15 is 0 Å². The first-order valence-corrected chi connectivity index (χ1v) is 6.66. The third-order valence-electron chi connectivity index (χ3n) is 2.69. The van der Waals surface area contributed by atoms with Gasteiger partial charge in [0.1, 0.15) is 16.5 Å². The van der Waals surface area contributed by atoms with Gasteiger partial charge in [-0.05, 0) is 25.1 Å². The van der Waals surface area contributed by atoms with Gasteiger partial charge >= 0.3 is 0 Å². The van der Waals surface area contributed by atoms with Crippen molar-refractivity contribution in [2.24, 2.45) is 5.10 Å². The van der Waals surface area contributed by atoms with Gasteiger partial charge in [0, 0.05) is 10.6 Å². The lowest BCUT2D eigenvalue weighted by Crippen LogP contribution is -2.11. The van der Waals surface area contributed by atoms with E-state index in [0.717, 1.165) is 5.56 Å². The van der Waals surface area contributed by atoms with Crippen molar-refractivity contribution in [1.29, 1.82) is 0 Å². The Bertz CT molecular complexity index is 743. The van der Waals surface area contributed by atoms with Crippen LogP contribution >= 0.6 is 23.2 Å². The van der Waals surface area contributed by atoms with Gasteiger partial charge in [0.05, 0.1) is 19.0 Å². The van der Waals surface area contributed by atoms with Gasteiger partial charge in [-0.3, -0.25) is 10.2 Å². The average Bonchev–Trinajstić information content (AvgIpc) is 2.48. The van der Waals surface area contributed by atoms with Gasteiger partial charge in [0.25, 0.3) is 5.56 Å². The molecule has 0 amide bonds. The number of aromatic nitrogens is 2. The molecule has 0 spiro atoms. The van der Waals surface area contributed by atoms with E-state index in [1.54, 1.807) is 32.2 Å². The molecule has 0 fully saturated rings. The lowest BCUT2D eigenvalue weighted by molar-refractivity contribution is 0.414. The lowest BCUT2D eigenvalue weighted by atomic mass is 10.1. The van der Waals surface area contributed by atoms with Crippen molar-refractivity contribution in [2.45, 2.75) is 6.92 Å². The van der Waals surface area contributed by atoms with Crippen LogP contribution in [-0.4, -0.2) is 23.0 Å². The Kier molecular flexibility index (Phi) is 4.82. The van der Waals surface area contributed by atoms with Crippen LogP contribution in [0.4, 0.5) is 5.69 Å². The Morgan fingerprint density at radius 1 is 1.43 bits per heavy atom. The number of aromatic amines is 1. The van der Waals surface area contributed by atoms with Crippen molar-refractivity contribution in [2.75, 3.05) is 12.5 Å². The average molecular weight is 327 g/mol.